The van der Waals surface area contributed by atoms with Crippen molar-refractivity contribution in [3.05, 3.63) is 58.4 Å². The molecule has 2 aliphatic rings. The number of carbonyl (C=O) groups is 1. The highest BCUT2D eigenvalue weighted by molar-refractivity contribution is 8.33. The summed E-state index contributed by atoms with van der Waals surface area (Å²) < 4.78 is 16.7. The number of anilines is 1. The molecule has 1 aliphatic carbocycles. The number of halogens is 1. The first-order chi connectivity index (χ1) is 18.4. The van der Waals surface area contributed by atoms with Crippen molar-refractivity contribution in [1.29, 1.82) is 0 Å². The number of allylic oxidation sites excluding steroid dienone is 2. The van der Waals surface area contributed by atoms with Crippen LogP contribution in [-0.2, 0) is 17.8 Å². The van der Waals surface area contributed by atoms with E-state index in [1.807, 2.05) is 6.07 Å². The van der Waals surface area contributed by atoms with E-state index in [4.69, 9.17) is 15.0 Å². The highest BCUT2D eigenvalue weighted by Crippen LogP contribution is 2.54. The van der Waals surface area contributed by atoms with Gasteiger partial charge in [-0.25, -0.2) is 4.39 Å². The molecule has 0 aromatic heterocycles. The minimum Gasteiger partial charge on any atom is -0.483 e. The first kappa shape index (κ1) is 35.3. The molecule has 0 radical (unpaired) electrons. The number of aliphatic hydroxyl groups is 1. The molecule has 0 saturated carbocycles. The van der Waals surface area contributed by atoms with Gasteiger partial charge in [0, 0.05) is 5.56 Å². The first-order valence-electron chi connectivity index (χ1n) is 13.7. The van der Waals surface area contributed by atoms with Gasteiger partial charge in [-0.3, -0.25) is 4.79 Å². The molecular weight excluding hydrogens is 521 g/mol. The van der Waals surface area contributed by atoms with Crippen molar-refractivity contribution in [3.63, 3.8) is 0 Å². The van der Waals surface area contributed by atoms with Gasteiger partial charge in [0.25, 0.3) is 6.47 Å². The van der Waals surface area contributed by atoms with Crippen LogP contribution in [0.5, 0.6) is 0 Å². The standard InChI is InChI=1S/C27H36FNS.C4H10O.C2H2.CH2O2/c1-8-22-18(2)26-25(16-24(22)19-11-13-27(3,4)14-12-19)23-10-9-21(28)15-20(23)17-29(26)30(5,6)7;1-4(2,3)5;1-2;2-1-3/h9-11,15-16H,8,12-14,17H2,1-7H3;5H,1-3H3;1-2H;1H,(H,2,3). The van der Waals surface area contributed by atoms with E-state index in [1.54, 1.807) is 32.9 Å². The summed E-state index contributed by atoms with van der Waals surface area (Å²) >= 11 is 0. The van der Waals surface area contributed by atoms with E-state index in [-0.39, 0.29) is 12.3 Å². The summed E-state index contributed by atoms with van der Waals surface area (Å²) in [5.74, 6) is -0.139. The van der Waals surface area contributed by atoms with Crippen molar-refractivity contribution in [3.8, 4) is 24.0 Å². The van der Waals surface area contributed by atoms with Crippen LogP contribution in [0.25, 0.3) is 16.7 Å². The number of hydrogen-bond acceptors (Lipinski definition) is 3. The fourth-order valence-corrected chi connectivity index (χ4v) is 6.40. The molecule has 0 bridgehead atoms. The topological polar surface area (TPSA) is 60.8 Å². The Morgan fingerprint density at radius 1 is 1.10 bits per heavy atom. The third kappa shape index (κ3) is 9.42. The average molecular weight is 572 g/mol. The molecule has 222 valence electrons. The molecule has 4 rings (SSSR count). The van der Waals surface area contributed by atoms with Crippen molar-refractivity contribution in [2.75, 3.05) is 23.1 Å². The van der Waals surface area contributed by atoms with Crippen LogP contribution in [0, 0.1) is 31.0 Å². The van der Waals surface area contributed by atoms with Gasteiger partial charge in [0.15, 0.2) is 0 Å². The van der Waals surface area contributed by atoms with E-state index < -0.39 is 15.8 Å². The molecule has 0 atom stereocenters. The fourth-order valence-electron chi connectivity index (χ4n) is 5.09. The third-order valence-corrected chi connectivity index (χ3v) is 8.56. The van der Waals surface area contributed by atoms with Gasteiger partial charge in [0.05, 0.1) is 17.8 Å². The van der Waals surface area contributed by atoms with Gasteiger partial charge in [-0.15, -0.1) is 12.8 Å². The Morgan fingerprint density at radius 2 is 1.65 bits per heavy atom. The Kier molecular flexibility index (Phi) is 12.6. The second-order valence-corrected chi connectivity index (χ2v) is 16.7. The number of rotatable bonds is 3. The monoisotopic (exact) mass is 571 g/mol. The predicted octanol–water partition coefficient (Wildman–Crippen LogP) is 8.61. The van der Waals surface area contributed by atoms with Crippen LogP contribution in [-0.4, -0.2) is 41.1 Å². The lowest BCUT2D eigenvalue weighted by molar-refractivity contribution is -0.122. The zero-order chi connectivity index (χ0) is 31.1. The Labute approximate surface area is 244 Å². The maximum atomic E-state index is 14.1. The lowest BCUT2D eigenvalue weighted by atomic mass is 9.75. The molecular formula is C34H50FNO3S. The minimum atomic E-state index is -0.999. The second kappa shape index (κ2) is 14.2. The zero-order valence-electron chi connectivity index (χ0n) is 26.2. The van der Waals surface area contributed by atoms with Crippen molar-refractivity contribution >= 4 is 27.9 Å². The normalized spacial score (nSPS) is 15.8. The molecule has 0 unspecified atom stereocenters. The summed E-state index contributed by atoms with van der Waals surface area (Å²) in [7, 11) is -0.999. The Morgan fingerprint density at radius 3 is 2.10 bits per heavy atom. The number of benzene rings is 2. The van der Waals surface area contributed by atoms with E-state index in [2.05, 4.69) is 75.8 Å². The average Bonchev–Trinajstić information content (AvgIpc) is 2.83. The molecule has 1 aliphatic heterocycles. The highest BCUT2D eigenvalue weighted by Gasteiger charge is 2.32. The highest BCUT2D eigenvalue weighted by atomic mass is 32.3. The number of nitrogens with zero attached hydrogens (tertiary/aromatic N) is 1. The maximum Gasteiger partial charge on any atom is 0.290 e. The molecule has 40 heavy (non-hydrogen) atoms. The largest absolute Gasteiger partial charge is 0.483 e. The molecule has 0 fully saturated rings. The van der Waals surface area contributed by atoms with Gasteiger partial charge in [0.1, 0.15) is 5.82 Å². The van der Waals surface area contributed by atoms with E-state index in [0.717, 1.165) is 31.4 Å². The summed E-state index contributed by atoms with van der Waals surface area (Å²) in [6.45, 7) is 15.1. The Balaban J connectivity index is 0.000000699. The predicted molar refractivity (Wildman–Crippen MR) is 174 cm³/mol. The fraction of sp³-hybridized carbons (Fsp3) is 0.500. The molecule has 0 spiro atoms. The van der Waals surface area contributed by atoms with Crippen LogP contribution in [0.15, 0.2) is 30.3 Å². The summed E-state index contributed by atoms with van der Waals surface area (Å²) in [6.07, 6.45) is 22.1. The van der Waals surface area contributed by atoms with Crippen molar-refractivity contribution in [2.24, 2.45) is 5.41 Å². The van der Waals surface area contributed by atoms with E-state index in [0.29, 0.717) is 5.41 Å². The molecule has 4 nitrogen and oxygen atoms in total. The molecule has 0 saturated heterocycles. The quantitative estimate of drug-likeness (QED) is 0.286. The zero-order valence-corrected chi connectivity index (χ0v) is 27.0. The summed E-state index contributed by atoms with van der Waals surface area (Å²) in [4.78, 5) is 8.36. The first-order valence-corrected chi connectivity index (χ1v) is 16.5. The van der Waals surface area contributed by atoms with Gasteiger partial charge < -0.3 is 14.5 Å². The second-order valence-electron chi connectivity index (χ2n) is 12.8. The van der Waals surface area contributed by atoms with Gasteiger partial charge in [-0.1, -0.05) is 32.9 Å². The number of fused-ring (bicyclic) bond motifs is 3. The van der Waals surface area contributed by atoms with Crippen molar-refractivity contribution in [1.82, 2.24) is 0 Å². The molecule has 1 heterocycles. The summed E-state index contributed by atoms with van der Waals surface area (Å²) in [5, 5.41) is 15.4. The number of carboxylic acid groups (broad SMARTS) is 1. The van der Waals surface area contributed by atoms with Crippen LogP contribution in [0.3, 0.4) is 0 Å². The van der Waals surface area contributed by atoms with Crippen molar-refractivity contribution < 1.29 is 19.4 Å². The SMILES string of the molecule is C#C.CC(C)(C)O.CCc1c(C2=CCC(C)(C)CC2)cc2c(c1C)N(S(C)(C)C)Cc1cc(F)ccc1-2.O=CO. The van der Waals surface area contributed by atoms with Gasteiger partial charge in [0.2, 0.25) is 0 Å². The molecule has 2 aromatic rings. The van der Waals surface area contributed by atoms with Gasteiger partial charge >= 0.3 is 0 Å². The molecule has 6 heteroatoms. The summed E-state index contributed by atoms with van der Waals surface area (Å²) in [6, 6.07) is 7.78. The van der Waals surface area contributed by atoms with Crippen LogP contribution in [0.2, 0.25) is 0 Å². The van der Waals surface area contributed by atoms with Crippen LogP contribution in [0.1, 0.15) is 83.1 Å². The lowest BCUT2D eigenvalue weighted by Gasteiger charge is -2.47. The van der Waals surface area contributed by atoms with Crippen molar-refractivity contribution in [2.45, 2.75) is 86.3 Å². The number of terminal acetylenes is 1. The van der Waals surface area contributed by atoms with Gasteiger partial charge in [-0.05, 0) is 129 Å². The number of hydrogen-bond donors (Lipinski definition) is 2. The maximum absolute atomic E-state index is 14.1. The van der Waals surface area contributed by atoms with E-state index in [9.17, 15) is 4.39 Å². The summed E-state index contributed by atoms with van der Waals surface area (Å²) in [5.41, 5.74) is 10.7. The molecule has 2 aromatic carbocycles. The van der Waals surface area contributed by atoms with Gasteiger partial charge in [-0.2, -0.15) is 10.2 Å². The van der Waals surface area contributed by atoms with Crippen LogP contribution < -0.4 is 4.31 Å². The minimum absolute atomic E-state index is 0.139. The van der Waals surface area contributed by atoms with E-state index in [1.165, 1.54) is 45.5 Å². The van der Waals surface area contributed by atoms with Crippen LogP contribution >= 0.6 is 10.2 Å². The Bertz CT molecular complexity index is 1210. The van der Waals surface area contributed by atoms with E-state index >= 15 is 0 Å². The Hall–Kier alpha value is -2.75. The third-order valence-electron chi connectivity index (χ3n) is 6.93. The lowest BCUT2D eigenvalue weighted by Crippen LogP contribution is -2.30. The van der Waals surface area contributed by atoms with Crippen LogP contribution in [0.4, 0.5) is 10.1 Å². The smallest absolute Gasteiger partial charge is 0.290 e. The molecule has 2 N–H and O–H groups in total. The molecule has 0 amide bonds.